The van der Waals surface area contributed by atoms with Crippen LogP contribution in [0.15, 0.2) is 24.5 Å². The lowest BCUT2D eigenvalue weighted by Crippen LogP contribution is -2.56. The van der Waals surface area contributed by atoms with E-state index in [1.807, 2.05) is 13.8 Å². The van der Waals surface area contributed by atoms with Gasteiger partial charge in [0.2, 0.25) is 21.8 Å². The highest BCUT2D eigenvalue weighted by atomic mass is 32.2. The molecule has 2 amide bonds. The Morgan fingerprint density at radius 3 is 2.43 bits per heavy atom. The van der Waals surface area contributed by atoms with E-state index in [2.05, 4.69) is 15.7 Å². The third-order valence-electron chi connectivity index (χ3n) is 6.11. The maximum absolute atomic E-state index is 14.2. The summed E-state index contributed by atoms with van der Waals surface area (Å²) >= 11 is 0. The highest BCUT2D eigenvalue weighted by Gasteiger charge is 2.39. The molecule has 204 valence electrons. The average Bonchev–Trinajstić information content (AvgIpc) is 3.24. The molecule has 1 aliphatic heterocycles. The van der Waals surface area contributed by atoms with Gasteiger partial charge in [0.05, 0.1) is 11.9 Å². The van der Waals surface area contributed by atoms with Gasteiger partial charge in [0, 0.05) is 49.6 Å². The molecule has 1 aliphatic rings. The van der Waals surface area contributed by atoms with E-state index in [0.29, 0.717) is 31.4 Å². The fourth-order valence-corrected chi connectivity index (χ4v) is 6.12. The predicted octanol–water partition coefficient (Wildman–Crippen LogP) is 2.37. The second-order valence-electron chi connectivity index (χ2n) is 9.66. The van der Waals surface area contributed by atoms with Crippen LogP contribution in [0.3, 0.4) is 0 Å². The second kappa shape index (κ2) is 12.1. The van der Waals surface area contributed by atoms with Crippen molar-refractivity contribution in [3.8, 4) is 0 Å². The Kier molecular flexibility index (Phi) is 9.35. The van der Waals surface area contributed by atoms with Crippen LogP contribution in [0, 0.1) is 23.4 Å². The Bertz CT molecular complexity index is 1210. The van der Waals surface area contributed by atoms with E-state index in [9.17, 15) is 31.2 Å². The Morgan fingerprint density at radius 1 is 1.16 bits per heavy atom. The van der Waals surface area contributed by atoms with E-state index in [-0.39, 0.29) is 25.4 Å². The molecule has 1 saturated heterocycles. The minimum Gasteiger partial charge on any atom is -0.350 e. The molecule has 0 aliphatic carbocycles. The Hall–Kier alpha value is -2.93. The summed E-state index contributed by atoms with van der Waals surface area (Å²) < 4.78 is 70.4. The summed E-state index contributed by atoms with van der Waals surface area (Å²) in [5, 5.41) is 9.49. The molecule has 1 aromatic carbocycles. The molecule has 2 heterocycles. The fraction of sp³-hybridized carbons (Fsp3) is 0.542. The van der Waals surface area contributed by atoms with Gasteiger partial charge >= 0.3 is 0 Å². The first kappa shape index (κ1) is 28.6. The number of aryl methyl sites for hydroxylation is 1. The first-order chi connectivity index (χ1) is 17.4. The van der Waals surface area contributed by atoms with Crippen LogP contribution >= 0.6 is 0 Å². The molecule has 37 heavy (non-hydrogen) atoms. The van der Waals surface area contributed by atoms with E-state index in [0.717, 1.165) is 9.87 Å². The number of hydrogen-bond donors (Lipinski definition) is 2. The fourth-order valence-electron chi connectivity index (χ4n) is 4.32. The van der Waals surface area contributed by atoms with Crippen LogP contribution < -0.4 is 10.6 Å². The van der Waals surface area contributed by atoms with Gasteiger partial charge in [-0.15, -0.1) is 0 Å². The lowest BCUT2D eigenvalue weighted by atomic mass is 10.0. The Morgan fingerprint density at radius 2 is 1.84 bits per heavy atom. The number of carbonyl (C=O) groups is 2. The van der Waals surface area contributed by atoms with Gasteiger partial charge in [-0.3, -0.25) is 14.3 Å². The number of amides is 2. The van der Waals surface area contributed by atoms with Gasteiger partial charge in [-0.1, -0.05) is 20.3 Å². The molecule has 0 radical (unpaired) electrons. The molecule has 1 fully saturated rings. The Labute approximate surface area is 214 Å². The number of piperidine rings is 1. The molecule has 9 nitrogen and oxygen atoms in total. The number of hydrogen-bond acceptors (Lipinski definition) is 5. The zero-order valence-electron chi connectivity index (χ0n) is 21.0. The average molecular weight is 544 g/mol. The monoisotopic (exact) mass is 543 g/mol. The molecular formula is C24H32F3N5O4S. The minimum atomic E-state index is -4.35. The smallest absolute Gasteiger partial charge is 0.242 e. The van der Waals surface area contributed by atoms with Gasteiger partial charge in [0.1, 0.15) is 29.5 Å². The summed E-state index contributed by atoms with van der Waals surface area (Å²) in [6.07, 6.45) is 4.87. The number of carbonyl (C=O) groups excluding carboxylic acids is 2. The second-order valence-corrected chi connectivity index (χ2v) is 11.6. The number of rotatable bonds is 10. The van der Waals surface area contributed by atoms with Crippen molar-refractivity contribution in [3.05, 3.63) is 53.1 Å². The normalized spacial score (nSPS) is 17.5. The molecule has 2 N–H and O–H groups in total. The quantitative estimate of drug-likeness (QED) is 0.478. The number of nitrogens with one attached hydrogen (secondary N) is 2. The van der Waals surface area contributed by atoms with Crippen molar-refractivity contribution in [3.63, 3.8) is 0 Å². The molecule has 13 heteroatoms. The van der Waals surface area contributed by atoms with Crippen LogP contribution in [-0.2, 0) is 39.0 Å². The van der Waals surface area contributed by atoms with Gasteiger partial charge in [0.25, 0.3) is 0 Å². The lowest BCUT2D eigenvalue weighted by Gasteiger charge is -2.34. The molecular weight excluding hydrogens is 511 g/mol. The highest BCUT2D eigenvalue weighted by molar-refractivity contribution is 7.88. The van der Waals surface area contributed by atoms with Crippen molar-refractivity contribution in [2.24, 2.45) is 13.0 Å². The third-order valence-corrected chi connectivity index (χ3v) is 7.92. The topological polar surface area (TPSA) is 113 Å². The van der Waals surface area contributed by atoms with Crippen LogP contribution in [0.1, 0.15) is 50.7 Å². The zero-order chi connectivity index (χ0) is 27.3. The van der Waals surface area contributed by atoms with E-state index in [1.165, 1.54) is 0 Å². The highest BCUT2D eigenvalue weighted by Crippen LogP contribution is 2.26. The van der Waals surface area contributed by atoms with Gasteiger partial charge in [-0.05, 0) is 25.2 Å². The van der Waals surface area contributed by atoms with Gasteiger partial charge in [-0.2, -0.15) is 9.40 Å². The van der Waals surface area contributed by atoms with E-state index in [4.69, 9.17) is 0 Å². The maximum Gasteiger partial charge on any atom is 0.242 e. The van der Waals surface area contributed by atoms with Crippen LogP contribution in [-0.4, -0.2) is 52.9 Å². The number of nitrogens with zero attached hydrogens (tertiary/aromatic N) is 3. The Balaban J connectivity index is 1.75. The summed E-state index contributed by atoms with van der Waals surface area (Å²) in [5.74, 6) is -5.90. The summed E-state index contributed by atoms with van der Waals surface area (Å²) in [4.78, 5) is 26.2. The number of aromatic nitrogens is 2. The summed E-state index contributed by atoms with van der Waals surface area (Å²) in [6, 6.07) is -1.24. The van der Waals surface area contributed by atoms with E-state index < -0.39 is 62.7 Å². The first-order valence-electron chi connectivity index (χ1n) is 12.1. The predicted molar refractivity (Wildman–Crippen MR) is 130 cm³/mol. The van der Waals surface area contributed by atoms with Crippen molar-refractivity contribution >= 4 is 21.8 Å². The number of halogens is 3. The zero-order valence-corrected chi connectivity index (χ0v) is 21.8. The van der Waals surface area contributed by atoms with Crippen molar-refractivity contribution in [1.29, 1.82) is 0 Å². The van der Waals surface area contributed by atoms with E-state index in [1.54, 1.807) is 24.1 Å². The molecule has 2 aromatic rings. The summed E-state index contributed by atoms with van der Waals surface area (Å²) in [7, 11) is -2.61. The molecule has 0 spiro atoms. The SMILES string of the molecule is CC(C)C[C@H](NC(=O)[C@@H]1CCCCN1S(=O)(=O)Cc1c(F)cc(F)cc1F)C(=O)NCc1cnn(C)c1. The van der Waals surface area contributed by atoms with Crippen LogP contribution in [0.2, 0.25) is 0 Å². The molecule has 0 bridgehead atoms. The molecule has 1 aromatic heterocycles. The van der Waals surface area contributed by atoms with Crippen molar-refractivity contribution in [2.75, 3.05) is 6.54 Å². The molecule has 0 saturated carbocycles. The van der Waals surface area contributed by atoms with Crippen LogP contribution in [0.25, 0.3) is 0 Å². The molecule has 3 rings (SSSR count). The standard InChI is InChI=1S/C24H32F3N5O4S/c1-15(2)8-21(23(33)28-11-16-12-29-31(3)13-16)30-24(34)22-6-4-5-7-32(22)37(35,36)14-18-19(26)9-17(25)10-20(18)27/h9-10,12-13,15,21-22H,4-8,11,14H2,1-3H3,(H,28,33)(H,30,34)/t21-,22-/m0/s1. The first-order valence-corrected chi connectivity index (χ1v) is 13.7. The number of benzene rings is 1. The molecule has 2 atom stereocenters. The molecule has 0 unspecified atom stereocenters. The van der Waals surface area contributed by atoms with Crippen molar-refractivity contribution in [1.82, 2.24) is 24.7 Å². The van der Waals surface area contributed by atoms with Crippen LogP contribution in [0.4, 0.5) is 13.2 Å². The third kappa shape index (κ3) is 7.54. The van der Waals surface area contributed by atoms with Crippen LogP contribution in [0.5, 0.6) is 0 Å². The maximum atomic E-state index is 14.2. The van der Waals surface area contributed by atoms with Crippen molar-refractivity contribution < 1.29 is 31.2 Å². The summed E-state index contributed by atoms with van der Waals surface area (Å²) in [6.45, 7) is 3.95. The summed E-state index contributed by atoms with van der Waals surface area (Å²) in [5.41, 5.74) is -0.0196. The minimum absolute atomic E-state index is 0.0209. The van der Waals surface area contributed by atoms with Gasteiger partial charge in [0.15, 0.2) is 0 Å². The van der Waals surface area contributed by atoms with Gasteiger partial charge < -0.3 is 10.6 Å². The largest absolute Gasteiger partial charge is 0.350 e. The lowest BCUT2D eigenvalue weighted by molar-refractivity contribution is -0.132. The van der Waals surface area contributed by atoms with E-state index >= 15 is 0 Å². The van der Waals surface area contributed by atoms with Gasteiger partial charge in [-0.25, -0.2) is 21.6 Å². The van der Waals surface area contributed by atoms with Crippen molar-refractivity contribution in [2.45, 2.75) is 63.9 Å². The number of sulfonamides is 1.